The van der Waals surface area contributed by atoms with Gasteiger partial charge in [0.15, 0.2) is 5.78 Å². The van der Waals surface area contributed by atoms with E-state index < -0.39 is 5.41 Å². The van der Waals surface area contributed by atoms with Crippen molar-refractivity contribution in [2.24, 2.45) is 5.41 Å². The third kappa shape index (κ3) is 2.85. The number of carbonyl (C=O) groups is 2. The molecule has 2 aliphatic heterocycles. The van der Waals surface area contributed by atoms with Crippen molar-refractivity contribution in [3.8, 4) is 11.5 Å². The summed E-state index contributed by atoms with van der Waals surface area (Å²) in [4.78, 5) is 28.2. The van der Waals surface area contributed by atoms with Crippen LogP contribution in [-0.4, -0.2) is 49.9 Å². The number of methoxy groups -OCH3 is 2. The van der Waals surface area contributed by atoms with E-state index in [1.165, 1.54) is 0 Å². The van der Waals surface area contributed by atoms with Crippen LogP contribution in [0.1, 0.15) is 33.2 Å². The Morgan fingerprint density at radius 1 is 1.04 bits per heavy atom. The lowest BCUT2D eigenvalue weighted by molar-refractivity contribution is 0.0789. The number of hydrogen-bond acceptors (Lipinski definition) is 5. The van der Waals surface area contributed by atoms with E-state index in [2.05, 4.69) is 10.2 Å². The lowest BCUT2D eigenvalue weighted by Crippen LogP contribution is -2.47. The number of rotatable bonds is 4. The van der Waals surface area contributed by atoms with Crippen molar-refractivity contribution in [1.82, 2.24) is 10.2 Å². The third-order valence-corrected chi connectivity index (χ3v) is 5.91. The van der Waals surface area contributed by atoms with Crippen molar-refractivity contribution >= 4 is 11.7 Å². The van der Waals surface area contributed by atoms with Gasteiger partial charge >= 0.3 is 0 Å². The molecule has 0 spiro atoms. The molecule has 1 fully saturated rings. The van der Waals surface area contributed by atoms with E-state index in [0.29, 0.717) is 30.8 Å². The molecule has 2 aliphatic rings. The van der Waals surface area contributed by atoms with Crippen molar-refractivity contribution < 1.29 is 19.1 Å². The molecule has 28 heavy (non-hydrogen) atoms. The Morgan fingerprint density at radius 3 is 2.32 bits per heavy atom. The largest absolute Gasteiger partial charge is 0.496 e. The van der Waals surface area contributed by atoms with E-state index in [0.717, 1.165) is 17.1 Å². The summed E-state index contributed by atoms with van der Waals surface area (Å²) in [5.74, 6) is 1.32. The maximum Gasteiger partial charge on any atom is 0.252 e. The van der Waals surface area contributed by atoms with Gasteiger partial charge < -0.3 is 14.8 Å². The highest BCUT2D eigenvalue weighted by molar-refractivity contribution is 6.12. The highest BCUT2D eigenvalue weighted by atomic mass is 16.5. The fraction of sp³-hybridized carbons (Fsp3) is 0.364. The number of hydrogen-bond donors (Lipinski definition) is 1. The topological polar surface area (TPSA) is 67.9 Å². The van der Waals surface area contributed by atoms with Crippen LogP contribution in [0.15, 0.2) is 42.5 Å². The molecule has 1 amide bonds. The van der Waals surface area contributed by atoms with Crippen molar-refractivity contribution in [3.63, 3.8) is 0 Å². The van der Waals surface area contributed by atoms with E-state index in [9.17, 15) is 9.59 Å². The van der Waals surface area contributed by atoms with Crippen LogP contribution in [0.25, 0.3) is 0 Å². The number of fused-ring (bicyclic) bond motifs is 2. The van der Waals surface area contributed by atoms with Crippen LogP contribution in [0.2, 0.25) is 0 Å². The van der Waals surface area contributed by atoms with Gasteiger partial charge in [-0.2, -0.15) is 0 Å². The molecule has 0 unspecified atom stereocenters. The van der Waals surface area contributed by atoms with Crippen LogP contribution in [0.3, 0.4) is 0 Å². The summed E-state index contributed by atoms with van der Waals surface area (Å²) in [7, 11) is 3.27. The molecule has 2 heterocycles. The second-order valence-corrected chi connectivity index (χ2v) is 7.63. The minimum absolute atomic E-state index is 0.0148. The quantitative estimate of drug-likeness (QED) is 0.883. The zero-order valence-electron chi connectivity index (χ0n) is 16.3. The van der Waals surface area contributed by atoms with Gasteiger partial charge in [0.25, 0.3) is 5.91 Å². The van der Waals surface area contributed by atoms with E-state index in [1.54, 1.807) is 38.5 Å². The monoisotopic (exact) mass is 380 g/mol. The average Bonchev–Trinajstić information content (AvgIpc) is 3.00. The minimum atomic E-state index is -0.683. The van der Waals surface area contributed by atoms with Gasteiger partial charge in [0.2, 0.25) is 0 Å². The molecule has 0 bridgehead atoms. The van der Waals surface area contributed by atoms with Gasteiger partial charge in [-0.15, -0.1) is 0 Å². The van der Waals surface area contributed by atoms with Crippen LogP contribution in [0.4, 0.5) is 0 Å². The Kier molecular flexibility index (Phi) is 4.59. The van der Waals surface area contributed by atoms with Crippen LogP contribution in [0.5, 0.6) is 11.5 Å². The zero-order valence-corrected chi connectivity index (χ0v) is 16.3. The number of ether oxygens (including phenoxy) is 2. The maximum atomic E-state index is 13.4. The first-order chi connectivity index (χ1) is 13.5. The van der Waals surface area contributed by atoms with Crippen molar-refractivity contribution in [2.75, 3.05) is 27.3 Å². The van der Waals surface area contributed by atoms with Gasteiger partial charge in [-0.25, -0.2) is 0 Å². The molecular formula is C22H24N2O4. The number of likely N-dealkylation sites (tertiary alicyclic amines) is 1. The summed E-state index contributed by atoms with van der Waals surface area (Å²) >= 11 is 0. The van der Waals surface area contributed by atoms with Gasteiger partial charge in [0.1, 0.15) is 11.5 Å². The smallest absolute Gasteiger partial charge is 0.252 e. The number of nitrogens with one attached hydrogen (secondary N) is 1. The predicted octanol–water partition coefficient (Wildman–Crippen LogP) is 2.52. The Morgan fingerprint density at radius 2 is 1.68 bits per heavy atom. The Labute approximate surface area is 164 Å². The van der Waals surface area contributed by atoms with Crippen LogP contribution < -0.4 is 14.8 Å². The van der Waals surface area contributed by atoms with Gasteiger partial charge in [-0.1, -0.05) is 24.3 Å². The average molecular weight is 380 g/mol. The standard InChI is InChI=1S/C22H24N2O4/c1-22-13-24(11-16-17(27-2)9-6-10-18(16)28-3)12-19(22)23-21(26)15-8-5-4-7-14(15)20(22)25/h4-10,19H,11-13H2,1-3H3,(H,23,26)/t19-,22+/m1/s1. The molecule has 0 radical (unpaired) electrons. The van der Waals surface area contributed by atoms with Crippen molar-refractivity contribution in [3.05, 3.63) is 59.2 Å². The van der Waals surface area contributed by atoms with Crippen molar-refractivity contribution in [1.29, 1.82) is 0 Å². The number of carbonyl (C=O) groups excluding carboxylic acids is 2. The molecule has 146 valence electrons. The van der Waals surface area contributed by atoms with E-state index in [-0.39, 0.29) is 17.7 Å². The number of benzene rings is 2. The fourth-order valence-electron chi connectivity index (χ4n) is 4.38. The molecule has 2 aromatic rings. The number of nitrogens with zero attached hydrogens (tertiary/aromatic N) is 1. The SMILES string of the molecule is COc1cccc(OC)c1CN1C[C@H]2NC(=O)c3ccccc3C(=O)[C@@]2(C)C1. The number of amides is 1. The molecule has 1 N–H and O–H groups in total. The molecule has 0 aromatic heterocycles. The molecule has 0 aliphatic carbocycles. The molecule has 0 saturated carbocycles. The predicted molar refractivity (Wildman–Crippen MR) is 105 cm³/mol. The van der Waals surface area contributed by atoms with Gasteiger partial charge in [0.05, 0.1) is 36.8 Å². The first-order valence-corrected chi connectivity index (χ1v) is 9.35. The van der Waals surface area contributed by atoms with Gasteiger partial charge in [-0.3, -0.25) is 14.5 Å². The van der Waals surface area contributed by atoms with Gasteiger partial charge in [-0.05, 0) is 25.1 Å². The lowest BCUT2D eigenvalue weighted by atomic mass is 9.78. The van der Waals surface area contributed by atoms with E-state index in [4.69, 9.17) is 9.47 Å². The molecule has 2 aromatic carbocycles. The summed E-state index contributed by atoms with van der Waals surface area (Å²) < 4.78 is 11.0. The Balaban J connectivity index is 1.66. The van der Waals surface area contributed by atoms with Gasteiger partial charge in [0, 0.05) is 25.2 Å². The molecule has 2 atom stereocenters. The minimum Gasteiger partial charge on any atom is -0.496 e. The first kappa shape index (κ1) is 18.5. The summed E-state index contributed by atoms with van der Waals surface area (Å²) in [6, 6.07) is 12.5. The molecule has 6 heteroatoms. The van der Waals surface area contributed by atoms with Crippen LogP contribution >= 0.6 is 0 Å². The summed E-state index contributed by atoms with van der Waals surface area (Å²) in [5.41, 5.74) is 1.21. The van der Waals surface area contributed by atoms with E-state index in [1.807, 2.05) is 25.1 Å². The summed E-state index contributed by atoms with van der Waals surface area (Å²) in [5, 5.41) is 3.08. The van der Waals surface area contributed by atoms with Crippen LogP contribution in [-0.2, 0) is 6.54 Å². The summed E-state index contributed by atoms with van der Waals surface area (Å²) in [6.07, 6.45) is 0. The van der Waals surface area contributed by atoms with Crippen molar-refractivity contribution in [2.45, 2.75) is 19.5 Å². The molecule has 4 rings (SSSR count). The fourth-order valence-corrected chi connectivity index (χ4v) is 4.38. The third-order valence-electron chi connectivity index (χ3n) is 5.91. The van der Waals surface area contributed by atoms with E-state index >= 15 is 0 Å². The highest BCUT2D eigenvalue weighted by Gasteiger charge is 2.51. The number of ketones is 1. The summed E-state index contributed by atoms with van der Waals surface area (Å²) in [6.45, 7) is 3.65. The second kappa shape index (κ2) is 6.95. The van der Waals surface area contributed by atoms with Crippen LogP contribution in [0, 0.1) is 5.41 Å². The normalized spacial score (nSPS) is 24.2. The molecule has 6 nitrogen and oxygen atoms in total. The second-order valence-electron chi connectivity index (χ2n) is 7.63. The molecule has 1 saturated heterocycles. The number of Topliss-reactive ketones (excluding diaryl/α,β-unsaturated/α-hetero) is 1. The lowest BCUT2D eigenvalue weighted by Gasteiger charge is -2.27. The zero-order chi connectivity index (χ0) is 19.9. The highest BCUT2D eigenvalue weighted by Crippen LogP contribution is 2.39. The maximum absolute atomic E-state index is 13.4. The molecular weight excluding hydrogens is 356 g/mol. The Hall–Kier alpha value is -2.86. The Bertz CT molecular complexity index is 920. The first-order valence-electron chi connectivity index (χ1n) is 9.35.